The van der Waals surface area contributed by atoms with Gasteiger partial charge in [0.2, 0.25) is 11.6 Å². The lowest BCUT2D eigenvalue weighted by Gasteiger charge is -2.31. The minimum Gasteiger partial charge on any atom is -0.396 e. The van der Waals surface area contributed by atoms with Crippen molar-refractivity contribution in [2.45, 2.75) is 401 Å². The van der Waals surface area contributed by atoms with Crippen LogP contribution in [0.3, 0.4) is 0 Å². The van der Waals surface area contributed by atoms with Gasteiger partial charge >= 0.3 is 0 Å². The molecule has 1 amide bonds. The molecule has 0 aliphatic carbocycles. The van der Waals surface area contributed by atoms with Crippen LogP contribution in [0.25, 0.3) is 0 Å². The molecule has 0 spiro atoms. The second-order valence-corrected chi connectivity index (χ2v) is 45.6. The van der Waals surface area contributed by atoms with Crippen LogP contribution in [0.2, 0.25) is 0 Å². The van der Waals surface area contributed by atoms with E-state index in [0.29, 0.717) is 121 Å². The van der Waals surface area contributed by atoms with Crippen molar-refractivity contribution in [1.82, 2.24) is 134 Å². The molecule has 147 heavy (non-hydrogen) atoms. The molecule has 0 bridgehead atoms. The van der Waals surface area contributed by atoms with E-state index in [1.54, 1.807) is 72.4 Å². The van der Waals surface area contributed by atoms with Crippen molar-refractivity contribution in [3.8, 4) is 0 Å². The molecule has 14 rings (SSSR count). The Morgan fingerprint density at radius 3 is 1.33 bits per heavy atom. The van der Waals surface area contributed by atoms with Crippen molar-refractivity contribution in [2.75, 3.05) is 87.6 Å². The minimum atomic E-state index is -0.694. The van der Waals surface area contributed by atoms with Crippen LogP contribution >= 0.6 is 22.7 Å². The second-order valence-electron chi connectivity index (χ2n) is 43.1. The van der Waals surface area contributed by atoms with Gasteiger partial charge in [-0.3, -0.25) is 38.0 Å². The predicted octanol–water partition coefficient (Wildman–Crippen LogP) is 21.8. The molecular formula is C110H195N28O7S2+. The van der Waals surface area contributed by atoms with E-state index < -0.39 is 5.60 Å². The number of nitrogens with one attached hydrogen (secondary N) is 1. The number of hydrogen-bond donors (Lipinski definition) is 3. The van der Waals surface area contributed by atoms with Gasteiger partial charge in [0, 0.05) is 182 Å². The number of piperidine rings is 1. The number of aromatic nitrogens is 26. The fraction of sp³-hybridized carbons (Fsp3) is 0.700. The van der Waals surface area contributed by atoms with Crippen LogP contribution in [0.4, 0.5) is 0 Å². The van der Waals surface area contributed by atoms with Crippen molar-refractivity contribution in [2.24, 2.45) is 20.0 Å². The summed E-state index contributed by atoms with van der Waals surface area (Å²) < 4.78 is 38.1. The van der Waals surface area contributed by atoms with Crippen LogP contribution in [-0.4, -0.2) is 249 Å². The van der Waals surface area contributed by atoms with E-state index in [1.807, 2.05) is 163 Å². The van der Waals surface area contributed by atoms with Gasteiger partial charge in [0.05, 0.1) is 133 Å². The normalized spacial score (nSPS) is 13.1. The summed E-state index contributed by atoms with van der Waals surface area (Å²) in [4.78, 5) is 28.6. The Balaban J connectivity index is 0.000000414. The summed E-state index contributed by atoms with van der Waals surface area (Å²) in [6.07, 6.45) is 39.2. The second kappa shape index (κ2) is 69.6. The Bertz CT molecular complexity index is 5260. The van der Waals surface area contributed by atoms with E-state index in [4.69, 9.17) is 24.1 Å². The van der Waals surface area contributed by atoms with Crippen molar-refractivity contribution in [3.05, 3.63) is 187 Å². The monoisotopic (exact) mass is 2080 g/mol. The number of carbonyl (C=O) groups is 1. The summed E-state index contributed by atoms with van der Waals surface area (Å²) in [7, 11) is 10.8. The number of methoxy groups -OCH3 is 2. The number of thiazole rings is 2. The topological polar surface area (TPSA) is 358 Å². The zero-order valence-electron chi connectivity index (χ0n) is 97.9. The van der Waals surface area contributed by atoms with Gasteiger partial charge in [-0.2, -0.15) is 35.3 Å². The quantitative estimate of drug-likeness (QED) is 0.0322. The van der Waals surface area contributed by atoms with Crippen LogP contribution in [0.5, 0.6) is 0 Å². The molecule has 35 nitrogen and oxygen atoms in total. The first-order chi connectivity index (χ1) is 69.1. The standard InChI is InChI=1S/C14H25N3O.C11H19N3O.C11H18N2O.C11H20N2O.C10H20N3O.C10H18N2O.C8H15N3O.C8H15N3.C8H13NS.C7H11NS.C6H11N3.C6H10N2/c1-12(2)13-10-15-17(11-13)14-4-6-16(7-5-14)8-9-18-3;1-9(2)10-7-12-14(8-10)6-5-11(15)13(3)4;1-9(2)10-7-12-13(8-10)11-3-5-14-6-4-11;1-9(2)11-7-12-13(8-11)5-6-14-10(3)4;1-8(2)10-6-12(4)13(11-10)5-9(3)7-14;1-8(2)9-5-11-12(6-9)7-10(3,4)13;1-7(2)8-6-11(10-9-8)4-5-12-3;1-6(2)8-5-11(7(3)4)10-9-8;1-5(2)8-6(3)9-7(4)10-8;1-5(2)7-4-8-6(3)9-7;1-5(2)6-4-9(3)8-7-6;1-5(2)6-3-7-8-4-6/h10-12,14H,4-9H2,1-3H3;7-9H,5-6H2,1-4H3;7-9,11H,3-6H2,1-2H3;7-10H,5-6H2,1-4H3;6,8-9,14H,5,7H2,1-4H3;5-6,8,13H,7H2,1-4H3;6-7H,4-5H2,1-3H3;5-7H,1-4H3;5H,1-4H3;2*4-5H,1-3H3;3-5H,1-2H3,(H,7,8)/q;;;;+1;;;;;;;. The van der Waals surface area contributed by atoms with Gasteiger partial charge in [0.25, 0.3) is 0 Å². The molecule has 1 unspecified atom stereocenters. The number of amides is 1. The fourth-order valence-corrected chi connectivity index (χ4v) is 15.4. The highest BCUT2D eigenvalue weighted by Gasteiger charge is 2.24. The number of nitrogens with zero attached hydrogens (tertiary/aromatic N) is 27. The number of aliphatic hydroxyl groups excluding tert-OH is 1. The number of rotatable bonds is 33. The third-order valence-electron chi connectivity index (χ3n) is 23.7. The first kappa shape index (κ1) is 131. The maximum Gasteiger partial charge on any atom is 0.223 e. The van der Waals surface area contributed by atoms with Gasteiger partial charge < -0.3 is 39.0 Å². The molecule has 828 valence electrons. The van der Waals surface area contributed by atoms with E-state index in [9.17, 15) is 9.90 Å². The SMILES string of the molecule is CC(C)OCCn1cc(C(C)C)cn1.CC(C)c1cn(C(C)C)nn1.CC(C)c1cn(C)nn1.CC(C)c1cn[nH]c1.CC(C)c1cnn(C2CCOCC2)c1.CC(C)c1cnn(CC(C)(C)O)c1.CC(C)c1cnn(CCC(=O)N(C)C)c1.CC(CO)Cn1nc(C(C)C)c[n+]1C.COCCN1CCC(n2cc(C(C)C)cn2)CC1.COCCn1cc(C(C)C)nn1.Cc1nc(C)c(C(C)C)s1.Cc1ncc(C(C)C)s1. The zero-order valence-corrected chi connectivity index (χ0v) is 99.5. The molecule has 12 aromatic rings. The minimum absolute atomic E-state index is 0.136. The number of H-pyrrole nitrogens is 1. The van der Waals surface area contributed by atoms with Gasteiger partial charge in [-0.05, 0) is 191 Å². The molecule has 2 saturated heterocycles. The van der Waals surface area contributed by atoms with Crippen molar-refractivity contribution in [3.63, 3.8) is 0 Å². The van der Waals surface area contributed by atoms with Crippen LogP contribution in [0.1, 0.15) is 418 Å². The third kappa shape index (κ3) is 53.5. The average molecular weight is 2090 g/mol. The Morgan fingerprint density at radius 1 is 0.510 bits per heavy atom. The molecular weight excluding hydrogens is 1890 g/mol. The number of hydrogen-bond acceptors (Lipinski definition) is 25. The summed E-state index contributed by atoms with van der Waals surface area (Å²) in [5.41, 5.74) is 12.4. The smallest absolute Gasteiger partial charge is 0.223 e. The highest BCUT2D eigenvalue weighted by atomic mass is 32.1. The molecule has 37 heteroatoms. The predicted molar refractivity (Wildman–Crippen MR) is 597 cm³/mol. The number of aryl methyl sites for hydroxylation is 6. The Morgan fingerprint density at radius 2 is 0.973 bits per heavy atom. The molecule has 0 radical (unpaired) electrons. The van der Waals surface area contributed by atoms with Crippen LogP contribution in [0, 0.1) is 26.7 Å². The third-order valence-corrected chi connectivity index (χ3v) is 26.3. The van der Waals surface area contributed by atoms with E-state index in [2.05, 4.69) is 308 Å². The van der Waals surface area contributed by atoms with Crippen molar-refractivity contribution >= 4 is 28.6 Å². The number of aliphatic hydroxyl groups is 2. The Labute approximate surface area is 891 Å². The van der Waals surface area contributed by atoms with Gasteiger partial charge in [0.1, 0.15) is 13.6 Å². The molecule has 0 saturated carbocycles. The lowest BCUT2D eigenvalue weighted by Crippen LogP contribution is -2.40. The molecule has 1 atom stereocenters. The fourth-order valence-electron chi connectivity index (χ4n) is 13.7. The van der Waals surface area contributed by atoms with Gasteiger partial charge in [-0.1, -0.05) is 189 Å². The number of likely N-dealkylation sites (tertiary alicyclic amines) is 1. The highest BCUT2D eigenvalue weighted by molar-refractivity contribution is 7.12. The summed E-state index contributed by atoms with van der Waals surface area (Å²) in [5.74, 6) is 6.78. The molecule has 12 aromatic heterocycles. The van der Waals surface area contributed by atoms with E-state index in [0.717, 1.165) is 101 Å². The average Bonchev–Trinajstić information content (AvgIpc) is 1.73. The molecule has 3 N–H and O–H groups in total. The zero-order chi connectivity index (χ0) is 110. The van der Waals surface area contributed by atoms with Crippen molar-refractivity contribution in [1.29, 1.82) is 0 Å². The number of aromatic amines is 1. The summed E-state index contributed by atoms with van der Waals surface area (Å²) >= 11 is 3.60. The Kier molecular flexibility index (Phi) is 62.2. The van der Waals surface area contributed by atoms with Gasteiger partial charge in [-0.15, -0.1) is 38.0 Å². The number of carbonyl (C=O) groups excluding carboxylic acids is 1. The van der Waals surface area contributed by atoms with Crippen molar-refractivity contribution < 1.29 is 38.6 Å². The Hall–Kier alpha value is -9.73. The van der Waals surface area contributed by atoms with E-state index >= 15 is 0 Å². The molecule has 14 heterocycles. The van der Waals surface area contributed by atoms with Gasteiger partial charge in [0.15, 0.2) is 6.20 Å². The molecule has 2 aliphatic heterocycles. The van der Waals surface area contributed by atoms with Gasteiger partial charge in [-0.25, -0.2) is 19.3 Å². The maximum atomic E-state index is 11.3. The molecule has 2 fully saturated rings. The maximum absolute atomic E-state index is 11.3. The first-order valence-electron chi connectivity index (χ1n) is 53.2. The lowest BCUT2D eigenvalue weighted by molar-refractivity contribution is -0.759. The molecule has 2 aliphatic rings. The lowest BCUT2D eigenvalue weighted by atomic mass is 10.0. The summed E-state index contributed by atoms with van der Waals surface area (Å²) in [6.45, 7) is 82.9. The van der Waals surface area contributed by atoms with E-state index in [-0.39, 0.29) is 18.4 Å². The summed E-state index contributed by atoms with van der Waals surface area (Å²) in [5, 5.41) is 77.3. The van der Waals surface area contributed by atoms with E-state index in [1.165, 1.54) is 71.7 Å². The largest absolute Gasteiger partial charge is 0.396 e. The number of ether oxygens (including phenoxy) is 4. The highest BCUT2D eigenvalue weighted by Crippen LogP contribution is 2.29. The van der Waals surface area contributed by atoms with Crippen LogP contribution < -0.4 is 4.68 Å². The summed E-state index contributed by atoms with van der Waals surface area (Å²) in [6, 6.07) is 1.54. The molecule has 0 aromatic carbocycles. The first-order valence-corrected chi connectivity index (χ1v) is 54.8. The van der Waals surface area contributed by atoms with Crippen LogP contribution in [-0.2, 0) is 70.6 Å². The van der Waals surface area contributed by atoms with Crippen LogP contribution in [0.15, 0.2) is 105 Å².